The van der Waals surface area contributed by atoms with Crippen LogP contribution in [-0.4, -0.2) is 168 Å². The summed E-state index contributed by atoms with van der Waals surface area (Å²) in [6.45, 7) is 8.37. The molecule has 2 rings (SSSR count). The molecule has 1 heterocycles. The van der Waals surface area contributed by atoms with Crippen LogP contribution in [0.3, 0.4) is 0 Å². The van der Waals surface area contributed by atoms with Gasteiger partial charge in [0.1, 0.15) is 13.6 Å². The number of benzene rings is 1. The molecule has 0 spiro atoms. The molecule has 0 unspecified atom stereocenters. The topological polar surface area (TPSA) is 179 Å². The summed E-state index contributed by atoms with van der Waals surface area (Å²) >= 11 is 0. The van der Waals surface area contributed by atoms with E-state index in [4.69, 9.17) is 50.5 Å². The first-order valence-corrected chi connectivity index (χ1v) is 18.1. The average Bonchev–Trinajstić information content (AvgIpc) is 3.48. The van der Waals surface area contributed by atoms with Gasteiger partial charge in [0.25, 0.3) is 11.8 Å². The lowest BCUT2D eigenvalue weighted by Gasteiger charge is -2.13. The third-order valence-electron chi connectivity index (χ3n) is 7.15. The number of imide groups is 1. The molecular weight excluding hydrogens is 693 g/mol. The molecule has 1 aliphatic heterocycles. The van der Waals surface area contributed by atoms with Crippen molar-refractivity contribution in [1.29, 1.82) is 0 Å². The van der Waals surface area contributed by atoms with E-state index >= 15 is 0 Å². The Hall–Kier alpha value is -3.42. The maximum Gasteiger partial charge on any atom is 0.253 e. The number of rotatable bonds is 36. The Kier molecular flexibility index (Phi) is 27.7. The number of ether oxygens (including phenoxy) is 9. The Morgan fingerprint density at radius 3 is 1.42 bits per heavy atom. The molecule has 2 radical (unpaired) electrons. The normalized spacial score (nSPS) is 12.5. The first-order valence-electron chi connectivity index (χ1n) is 18.1. The third kappa shape index (κ3) is 26.1. The van der Waals surface area contributed by atoms with Gasteiger partial charge in [-0.15, -0.1) is 0 Å². The predicted molar refractivity (Wildman–Crippen MR) is 194 cm³/mol. The van der Waals surface area contributed by atoms with E-state index in [0.717, 1.165) is 23.5 Å². The highest BCUT2D eigenvalue weighted by Crippen LogP contribution is 2.08. The SMILES string of the molecule is [B]c1ccc(OCCCCNC(=O)CCOCCOCCOCCOCCOCCOCCOCCOCCNC(=O)CCN2C(=O)C=CC2=O)cc1. The van der Waals surface area contributed by atoms with Gasteiger partial charge in [0.15, 0.2) is 0 Å². The fourth-order valence-electron chi connectivity index (χ4n) is 4.32. The van der Waals surface area contributed by atoms with E-state index in [0.29, 0.717) is 137 Å². The summed E-state index contributed by atoms with van der Waals surface area (Å²) in [5.74, 6) is -0.309. The van der Waals surface area contributed by atoms with Gasteiger partial charge in [0.2, 0.25) is 11.8 Å². The van der Waals surface area contributed by atoms with Crippen LogP contribution in [0.1, 0.15) is 25.7 Å². The van der Waals surface area contributed by atoms with Crippen LogP contribution in [0, 0.1) is 0 Å². The predicted octanol–water partition coefficient (Wildman–Crippen LogP) is -0.290. The van der Waals surface area contributed by atoms with Crippen molar-refractivity contribution in [3.8, 4) is 5.75 Å². The monoisotopic (exact) mass is 749 g/mol. The fourth-order valence-corrected chi connectivity index (χ4v) is 4.32. The number of carbonyl (C=O) groups is 4. The molecule has 17 heteroatoms. The van der Waals surface area contributed by atoms with Gasteiger partial charge in [-0.25, -0.2) is 0 Å². The van der Waals surface area contributed by atoms with E-state index < -0.39 is 11.8 Å². The molecule has 0 atom stereocenters. The van der Waals surface area contributed by atoms with Crippen LogP contribution in [0.2, 0.25) is 0 Å². The summed E-state index contributed by atoms with van der Waals surface area (Å²) in [5.41, 5.74) is 0.702. The molecule has 0 aromatic heterocycles. The van der Waals surface area contributed by atoms with Crippen molar-refractivity contribution in [1.82, 2.24) is 15.5 Å². The van der Waals surface area contributed by atoms with E-state index in [1.807, 2.05) is 12.1 Å². The quantitative estimate of drug-likeness (QED) is 0.0520. The standard InChI is InChI=1S/C36H56BN3O13/c37-31-3-5-32(6-4-31)53-14-2-1-11-38-34(42)10-15-45-17-19-47-21-23-49-25-27-51-29-30-52-28-26-50-24-22-48-20-18-46-16-12-39-33(41)9-13-40-35(43)7-8-36(40)44/h3-8H,1-2,9-30H2,(H,38,42)(H,39,41). The molecule has 0 saturated carbocycles. The minimum Gasteiger partial charge on any atom is -0.494 e. The van der Waals surface area contributed by atoms with Crippen LogP contribution in [0.25, 0.3) is 0 Å². The highest BCUT2D eigenvalue weighted by atomic mass is 16.6. The second-order valence-corrected chi connectivity index (χ2v) is 11.4. The van der Waals surface area contributed by atoms with Gasteiger partial charge in [-0.2, -0.15) is 0 Å². The van der Waals surface area contributed by atoms with Gasteiger partial charge in [-0.05, 0) is 25.0 Å². The maximum absolute atomic E-state index is 11.9. The Bertz CT molecular complexity index is 1140. The van der Waals surface area contributed by atoms with Crippen molar-refractivity contribution < 1.29 is 61.8 Å². The molecule has 1 aliphatic rings. The van der Waals surface area contributed by atoms with Gasteiger partial charge in [0.05, 0.1) is 112 Å². The van der Waals surface area contributed by atoms with Crippen molar-refractivity contribution in [2.75, 3.05) is 132 Å². The molecular formula is C36H56BN3O13. The smallest absolute Gasteiger partial charge is 0.253 e. The number of nitrogens with zero attached hydrogens (tertiary/aromatic N) is 1. The van der Waals surface area contributed by atoms with Crippen molar-refractivity contribution >= 4 is 36.9 Å². The Morgan fingerprint density at radius 2 is 0.925 bits per heavy atom. The van der Waals surface area contributed by atoms with Gasteiger partial charge in [0, 0.05) is 44.6 Å². The summed E-state index contributed by atoms with van der Waals surface area (Å²) < 4.78 is 49.2. The van der Waals surface area contributed by atoms with E-state index in [2.05, 4.69) is 10.6 Å². The number of unbranched alkanes of at least 4 members (excludes halogenated alkanes) is 1. The zero-order chi connectivity index (χ0) is 38.0. The van der Waals surface area contributed by atoms with Crippen molar-refractivity contribution in [3.63, 3.8) is 0 Å². The van der Waals surface area contributed by atoms with E-state index in [1.54, 1.807) is 12.1 Å². The zero-order valence-electron chi connectivity index (χ0n) is 30.8. The van der Waals surface area contributed by atoms with Crippen molar-refractivity contribution in [2.45, 2.75) is 25.7 Å². The lowest BCUT2D eigenvalue weighted by atomic mass is 9.97. The molecule has 53 heavy (non-hydrogen) atoms. The fraction of sp³-hybridized carbons (Fsp3) is 0.667. The minimum absolute atomic E-state index is 0.0370. The molecule has 4 amide bonds. The largest absolute Gasteiger partial charge is 0.494 e. The summed E-state index contributed by atoms with van der Waals surface area (Å²) in [6, 6.07) is 7.27. The number of amides is 4. The summed E-state index contributed by atoms with van der Waals surface area (Å²) in [4.78, 5) is 47.6. The molecule has 2 N–H and O–H groups in total. The van der Waals surface area contributed by atoms with Crippen LogP contribution >= 0.6 is 0 Å². The molecule has 1 aromatic carbocycles. The number of carbonyl (C=O) groups excluding carboxylic acids is 4. The first-order chi connectivity index (χ1) is 26.0. The highest BCUT2D eigenvalue weighted by molar-refractivity contribution is 6.32. The molecule has 0 fully saturated rings. The van der Waals surface area contributed by atoms with Crippen LogP contribution in [0.15, 0.2) is 36.4 Å². The number of hydrogen-bond acceptors (Lipinski definition) is 13. The minimum atomic E-state index is -0.400. The first kappa shape index (κ1) is 45.7. The lowest BCUT2D eigenvalue weighted by molar-refractivity contribution is -0.137. The van der Waals surface area contributed by atoms with Gasteiger partial charge in [-0.3, -0.25) is 24.1 Å². The highest BCUT2D eigenvalue weighted by Gasteiger charge is 2.23. The van der Waals surface area contributed by atoms with E-state index in [-0.39, 0.29) is 24.8 Å². The van der Waals surface area contributed by atoms with Gasteiger partial charge in [-0.1, -0.05) is 17.6 Å². The van der Waals surface area contributed by atoms with Crippen LogP contribution in [-0.2, 0) is 57.1 Å². The van der Waals surface area contributed by atoms with Gasteiger partial charge >= 0.3 is 0 Å². The van der Waals surface area contributed by atoms with Crippen molar-refractivity contribution in [3.05, 3.63) is 36.4 Å². The lowest BCUT2D eigenvalue weighted by Crippen LogP contribution is -2.35. The van der Waals surface area contributed by atoms with Crippen LogP contribution < -0.4 is 20.8 Å². The van der Waals surface area contributed by atoms with Crippen molar-refractivity contribution in [2.24, 2.45) is 0 Å². The number of hydrogen-bond donors (Lipinski definition) is 2. The van der Waals surface area contributed by atoms with E-state index in [9.17, 15) is 19.2 Å². The Morgan fingerprint density at radius 1 is 0.509 bits per heavy atom. The Labute approximate surface area is 313 Å². The summed E-state index contributed by atoms with van der Waals surface area (Å²) in [6.07, 6.45) is 4.41. The maximum atomic E-state index is 11.9. The zero-order valence-corrected chi connectivity index (χ0v) is 30.8. The molecule has 0 bridgehead atoms. The summed E-state index contributed by atoms with van der Waals surface area (Å²) in [7, 11) is 5.65. The second kappa shape index (κ2) is 32.1. The van der Waals surface area contributed by atoms with E-state index in [1.165, 1.54) is 12.2 Å². The second-order valence-electron chi connectivity index (χ2n) is 11.4. The Balaban J connectivity index is 1.17. The molecule has 0 saturated heterocycles. The molecule has 16 nitrogen and oxygen atoms in total. The van der Waals surface area contributed by atoms with Crippen LogP contribution in [0.5, 0.6) is 5.75 Å². The molecule has 296 valence electrons. The van der Waals surface area contributed by atoms with Crippen LogP contribution in [0.4, 0.5) is 0 Å². The molecule has 1 aromatic rings. The molecule has 0 aliphatic carbocycles. The number of nitrogens with one attached hydrogen (secondary N) is 2. The third-order valence-corrected chi connectivity index (χ3v) is 7.15. The average molecular weight is 750 g/mol. The van der Waals surface area contributed by atoms with Gasteiger partial charge < -0.3 is 53.3 Å². The summed E-state index contributed by atoms with van der Waals surface area (Å²) in [5, 5.41) is 5.56.